The summed E-state index contributed by atoms with van der Waals surface area (Å²) in [7, 11) is 0.192. The van der Waals surface area contributed by atoms with Gasteiger partial charge in [0.05, 0.1) is 46.7 Å². The van der Waals surface area contributed by atoms with Gasteiger partial charge in [0.25, 0.3) is 0 Å². The van der Waals surface area contributed by atoms with Gasteiger partial charge in [0.1, 0.15) is 66.3 Å². The summed E-state index contributed by atoms with van der Waals surface area (Å²) in [5.74, 6) is 2.23. The summed E-state index contributed by atoms with van der Waals surface area (Å²) in [6.07, 6.45) is -4.38. The molecular weight excluding hydrogens is 1350 g/mol. The number of fused-ring (bicyclic) bond motifs is 2. The first-order valence-electron chi connectivity index (χ1n) is 32.1. The lowest BCUT2D eigenvalue weighted by atomic mass is 9.77. The molecule has 14 rings (SSSR count). The molecule has 0 aliphatic carbocycles. The molecule has 2 saturated heterocycles. The maximum absolute atomic E-state index is 16.1. The zero-order valence-corrected chi connectivity index (χ0v) is 57.0. The van der Waals surface area contributed by atoms with Crippen LogP contribution in [0.15, 0.2) is 256 Å². The minimum absolute atomic E-state index is 0.0582. The molecule has 12 aromatic rings. The number of methoxy groups -OCH3 is 2. The molecule has 5 N–H and O–H groups in total. The van der Waals surface area contributed by atoms with Gasteiger partial charge in [-0.15, -0.1) is 9.42 Å². The van der Waals surface area contributed by atoms with E-state index in [4.69, 9.17) is 47.4 Å². The number of hydrogen-bond donors (Lipinski definition) is 5. The number of benzene rings is 8. The highest BCUT2D eigenvalue weighted by atomic mass is 32.5. The Morgan fingerprint density at radius 1 is 0.495 bits per heavy atom. The van der Waals surface area contributed by atoms with Crippen molar-refractivity contribution in [1.82, 2.24) is 39.0 Å². The molecule has 516 valence electrons. The van der Waals surface area contributed by atoms with Crippen molar-refractivity contribution in [3.8, 4) is 11.5 Å². The molecule has 0 saturated carbocycles. The fourth-order valence-corrected chi connectivity index (χ4v) is 13.6. The van der Waals surface area contributed by atoms with Gasteiger partial charge in [-0.25, -0.2) is 38.7 Å². The van der Waals surface area contributed by atoms with Gasteiger partial charge in [0.15, 0.2) is 58.8 Å². The van der Waals surface area contributed by atoms with Crippen molar-refractivity contribution in [3.05, 3.63) is 300 Å². The van der Waals surface area contributed by atoms with Crippen molar-refractivity contribution >= 4 is 60.7 Å². The van der Waals surface area contributed by atoms with Gasteiger partial charge in [-0.2, -0.15) is 0 Å². The molecular formula is C74H69F2N10O12P2S+. The average Bonchev–Trinajstić information content (AvgIpc) is 1.69. The Bertz CT molecular complexity index is 4550. The normalized spacial score (nSPS) is 19.3. The van der Waals surface area contributed by atoms with Gasteiger partial charge < -0.3 is 53.4 Å². The first-order chi connectivity index (χ1) is 49.2. The second-order valence-corrected chi connectivity index (χ2v) is 27.0. The Hall–Kier alpha value is -9.69. The smallest absolute Gasteiger partial charge is 0.497 e. The van der Waals surface area contributed by atoms with Crippen molar-refractivity contribution < 1.29 is 65.5 Å². The largest absolute Gasteiger partial charge is 0.694 e. The second-order valence-electron chi connectivity index (χ2n) is 23.6. The summed E-state index contributed by atoms with van der Waals surface area (Å²) < 4.78 is 91.6. The fourth-order valence-electron chi connectivity index (χ4n) is 12.8. The minimum atomic E-state index is -4.07. The molecule has 6 heterocycles. The van der Waals surface area contributed by atoms with Gasteiger partial charge >= 0.3 is 15.0 Å². The van der Waals surface area contributed by atoms with Crippen LogP contribution >= 0.6 is 15.0 Å². The van der Waals surface area contributed by atoms with Crippen molar-refractivity contribution in [1.29, 1.82) is 0 Å². The van der Waals surface area contributed by atoms with Crippen LogP contribution in [0.1, 0.15) is 57.0 Å². The van der Waals surface area contributed by atoms with Crippen molar-refractivity contribution in [2.75, 3.05) is 38.1 Å². The first kappa shape index (κ1) is 69.8. The monoisotopic (exact) mass is 1420 g/mol. The van der Waals surface area contributed by atoms with Gasteiger partial charge in [0.2, 0.25) is 0 Å². The number of hydrogen-bond acceptors (Lipinski definition) is 18. The van der Waals surface area contributed by atoms with E-state index in [0.717, 1.165) is 44.5 Å². The molecule has 0 spiro atoms. The zero-order valence-electron chi connectivity index (χ0n) is 54.3. The molecule has 8 aromatic carbocycles. The van der Waals surface area contributed by atoms with Crippen LogP contribution in [0.25, 0.3) is 22.3 Å². The number of aromatic nitrogens is 8. The van der Waals surface area contributed by atoms with Crippen LogP contribution in [-0.2, 0) is 68.7 Å². The summed E-state index contributed by atoms with van der Waals surface area (Å²) in [4.78, 5) is 56.5. The third-order valence-corrected chi connectivity index (χ3v) is 18.8. The zero-order chi connectivity index (χ0) is 69.9. The van der Waals surface area contributed by atoms with E-state index in [0.29, 0.717) is 45.5 Å². The van der Waals surface area contributed by atoms with E-state index in [-0.39, 0.29) is 13.2 Å². The Kier molecular flexibility index (Phi) is 21.7. The van der Waals surface area contributed by atoms with E-state index < -0.39 is 88.5 Å². The quantitative estimate of drug-likeness (QED) is 0.0249. The number of nitrogens with zero attached hydrogens (tertiary/aromatic N) is 8. The maximum atomic E-state index is 16.1. The Balaban J connectivity index is 0.000000181. The number of alkyl halides is 2. The maximum Gasteiger partial charge on any atom is 0.694 e. The summed E-state index contributed by atoms with van der Waals surface area (Å²) >= 11 is 4.60. The lowest BCUT2D eigenvalue weighted by Gasteiger charge is -2.37. The number of imidazole rings is 2. The average molecular weight is 1420 g/mol. The van der Waals surface area contributed by atoms with Crippen LogP contribution in [0.3, 0.4) is 0 Å². The van der Waals surface area contributed by atoms with Crippen molar-refractivity contribution in [2.45, 2.75) is 73.5 Å². The van der Waals surface area contributed by atoms with Crippen molar-refractivity contribution in [3.63, 3.8) is 0 Å². The van der Waals surface area contributed by atoms with E-state index >= 15 is 8.78 Å². The Labute approximate surface area is 585 Å². The molecule has 9 atom stereocenters. The van der Waals surface area contributed by atoms with E-state index in [1.807, 2.05) is 133 Å². The van der Waals surface area contributed by atoms with Crippen LogP contribution in [-0.4, -0.2) is 118 Å². The third-order valence-electron chi connectivity index (χ3n) is 17.6. The van der Waals surface area contributed by atoms with Crippen LogP contribution in [0.2, 0.25) is 0 Å². The summed E-state index contributed by atoms with van der Waals surface area (Å²) in [6, 6.07) is 74.9. The molecule has 101 heavy (non-hydrogen) atoms. The SMILES string of the molecule is COc1ccc(CO[C@H]2C(F)[C@@H](COP(O)(O)=S)O[C@H]2n2cnc3c(NC(c4ccccc4)(c4ccccc4)c4ccccc4)ncnc32)cc1.COc1ccc(CO[C@H]2C(F)[C@@H](CO[P+](=O)O)O[C@H]2n2cnc3c(NC(c4ccccc4)(c4ccccc4)c4ccccc4)ncnc32)cc1. The Morgan fingerprint density at radius 2 is 0.822 bits per heavy atom. The van der Waals surface area contributed by atoms with Gasteiger partial charge in [-0.3, -0.25) is 9.13 Å². The molecule has 4 aromatic heterocycles. The molecule has 2 fully saturated rings. The molecule has 2 aliphatic heterocycles. The number of nitrogens with one attached hydrogen (secondary N) is 2. The molecule has 27 heteroatoms. The fraction of sp³-hybridized carbons (Fsp3) is 0.216. The van der Waals surface area contributed by atoms with Crippen LogP contribution in [0.4, 0.5) is 20.4 Å². The number of anilines is 2. The molecule has 2 aliphatic rings. The topological polar surface area (TPSA) is 263 Å². The van der Waals surface area contributed by atoms with Crippen LogP contribution in [0.5, 0.6) is 11.5 Å². The summed E-state index contributed by atoms with van der Waals surface area (Å²) in [5, 5.41) is 7.49. The molecule has 3 unspecified atom stereocenters. The predicted molar refractivity (Wildman–Crippen MR) is 378 cm³/mol. The van der Waals surface area contributed by atoms with E-state index in [1.54, 1.807) is 47.6 Å². The van der Waals surface area contributed by atoms with Gasteiger partial charge in [0, 0.05) is 4.57 Å². The number of rotatable bonds is 26. The number of halogens is 2. The Morgan fingerprint density at radius 3 is 1.13 bits per heavy atom. The standard InChI is InChI=1S/C37H35FN5O6PS.C37H33FN5O6P/c1-46-29-19-17-25(18-20-29)21-47-33-31(38)30(22-48-50(44,45)51)49-36(33)43-24-41-32-34(39-23-40-35(32)43)42-37(26-11-5-2-6-12-26,27-13-7-3-8-14-27)28-15-9-4-10-16-28;1-46-29-19-17-25(18-20-29)21-47-33-31(38)30(22-48-50(44)45)49-36(33)43-24-41-32-34(39-23-40-35(32)43)42-37(26-11-5-2-6-12-26,27-13-7-3-8-14-27)28-15-9-4-10-16-28/h2-20,23-24,30-31,33,36H,21-22H2,1H3,(H,39,40,42)(H2,44,45,51);2-20,23-24,30-31,33,36H,21-22H2,1H3,(H-,39,40,42,44,45)/p+1/t2*30-,31?,33+,36-/m11/s1. The van der Waals surface area contributed by atoms with E-state index in [1.165, 1.54) is 25.3 Å². The van der Waals surface area contributed by atoms with Crippen LogP contribution < -0.4 is 20.1 Å². The first-order valence-corrected chi connectivity index (χ1v) is 35.8. The second kappa shape index (κ2) is 31.5. The minimum Gasteiger partial charge on any atom is -0.497 e. The lowest BCUT2D eigenvalue weighted by molar-refractivity contribution is -0.0732. The van der Waals surface area contributed by atoms with Gasteiger partial charge in [-0.05, 0) is 80.6 Å². The summed E-state index contributed by atoms with van der Waals surface area (Å²) in [5.41, 5.74) is 7.18. The van der Waals surface area contributed by atoms with E-state index in [9.17, 15) is 19.2 Å². The molecule has 0 bridgehead atoms. The number of ether oxygens (including phenoxy) is 6. The molecule has 0 amide bonds. The lowest BCUT2D eigenvalue weighted by Crippen LogP contribution is -2.38. The molecule has 22 nitrogen and oxygen atoms in total. The predicted octanol–water partition coefficient (Wildman–Crippen LogP) is 13.0. The third kappa shape index (κ3) is 15.2. The highest BCUT2D eigenvalue weighted by molar-refractivity contribution is 8.06. The summed E-state index contributed by atoms with van der Waals surface area (Å²) in [6.45, 7) is -4.89. The molecule has 0 radical (unpaired) electrons. The van der Waals surface area contributed by atoms with Crippen LogP contribution in [0, 0.1) is 0 Å². The van der Waals surface area contributed by atoms with Crippen molar-refractivity contribution in [2.24, 2.45) is 0 Å². The highest BCUT2D eigenvalue weighted by Gasteiger charge is 2.51. The van der Waals surface area contributed by atoms with E-state index in [2.05, 4.69) is 115 Å². The highest BCUT2D eigenvalue weighted by Crippen LogP contribution is 2.46. The van der Waals surface area contributed by atoms with Gasteiger partial charge in [-0.1, -0.05) is 206 Å².